The Kier molecular flexibility index (Phi) is 5.43. The molecule has 0 aromatic rings. The minimum absolute atomic E-state index is 0.00126. The van der Waals surface area contributed by atoms with Crippen molar-refractivity contribution >= 4 is 5.91 Å². The van der Waals surface area contributed by atoms with Crippen LogP contribution >= 0.6 is 0 Å². The first kappa shape index (κ1) is 14.0. The molecule has 1 atom stereocenters. The van der Waals surface area contributed by atoms with Crippen LogP contribution in [0.25, 0.3) is 0 Å². The molecule has 1 amide bonds. The van der Waals surface area contributed by atoms with Crippen LogP contribution in [0.2, 0.25) is 0 Å². The molecule has 4 heteroatoms. The highest BCUT2D eigenvalue weighted by Gasteiger charge is 2.28. The van der Waals surface area contributed by atoms with E-state index in [1.165, 1.54) is 0 Å². The van der Waals surface area contributed by atoms with Crippen molar-refractivity contribution in [2.24, 2.45) is 5.92 Å². The minimum Gasteiger partial charge on any atom is -0.341 e. The van der Waals surface area contributed by atoms with E-state index in [1.807, 2.05) is 11.9 Å². The maximum absolute atomic E-state index is 12.3. The molecule has 1 aliphatic rings. The van der Waals surface area contributed by atoms with Gasteiger partial charge in [-0.05, 0) is 32.9 Å². The summed E-state index contributed by atoms with van der Waals surface area (Å²) in [5.41, 5.74) is 0. The smallest absolute Gasteiger partial charge is 0.239 e. The summed E-state index contributed by atoms with van der Waals surface area (Å²) in [6.45, 7) is 6.49. The first-order valence-corrected chi connectivity index (χ1v) is 6.52. The fraction of sp³-hybridized carbons (Fsp3) is 0.846. The highest BCUT2D eigenvalue weighted by Crippen LogP contribution is 2.18. The van der Waals surface area contributed by atoms with E-state index in [1.54, 1.807) is 0 Å². The Morgan fingerprint density at radius 1 is 1.47 bits per heavy atom. The molecule has 1 unspecified atom stereocenters. The van der Waals surface area contributed by atoms with Crippen molar-refractivity contribution in [1.29, 1.82) is 5.26 Å². The Balaban J connectivity index is 2.55. The lowest BCUT2D eigenvalue weighted by molar-refractivity contribution is -0.137. The zero-order chi connectivity index (χ0) is 12.8. The summed E-state index contributed by atoms with van der Waals surface area (Å²) in [4.78, 5) is 16.3. The molecule has 0 saturated carbocycles. The van der Waals surface area contributed by atoms with Crippen LogP contribution in [-0.4, -0.2) is 48.4 Å². The van der Waals surface area contributed by atoms with Gasteiger partial charge in [0.2, 0.25) is 5.91 Å². The van der Waals surface area contributed by atoms with Crippen LogP contribution < -0.4 is 0 Å². The molecule has 0 radical (unpaired) electrons. The SMILES string of the molecule is CCC(C(=O)N1CCC(C#N)CC1)N(C)CC. The van der Waals surface area contributed by atoms with Gasteiger partial charge in [-0.15, -0.1) is 0 Å². The third-order valence-corrected chi connectivity index (χ3v) is 3.69. The van der Waals surface area contributed by atoms with E-state index in [0.29, 0.717) is 0 Å². The summed E-state index contributed by atoms with van der Waals surface area (Å²) in [5, 5.41) is 8.84. The monoisotopic (exact) mass is 237 g/mol. The van der Waals surface area contributed by atoms with Crippen LogP contribution in [0.4, 0.5) is 0 Å². The normalized spacial score (nSPS) is 19.1. The number of rotatable bonds is 4. The molecule has 1 heterocycles. The van der Waals surface area contributed by atoms with E-state index >= 15 is 0 Å². The van der Waals surface area contributed by atoms with Gasteiger partial charge in [-0.3, -0.25) is 9.69 Å². The molecule has 96 valence electrons. The molecule has 1 saturated heterocycles. The van der Waals surface area contributed by atoms with Crippen LogP contribution in [0.3, 0.4) is 0 Å². The number of amides is 1. The molecule has 17 heavy (non-hydrogen) atoms. The molecule has 4 nitrogen and oxygen atoms in total. The Labute approximate surface area is 104 Å². The van der Waals surface area contributed by atoms with E-state index < -0.39 is 0 Å². The number of carbonyl (C=O) groups is 1. The average molecular weight is 237 g/mol. The van der Waals surface area contributed by atoms with Crippen LogP contribution in [0, 0.1) is 17.2 Å². The van der Waals surface area contributed by atoms with Gasteiger partial charge in [0, 0.05) is 19.0 Å². The summed E-state index contributed by atoms with van der Waals surface area (Å²) >= 11 is 0. The number of nitriles is 1. The lowest BCUT2D eigenvalue weighted by Crippen LogP contribution is -2.49. The maximum Gasteiger partial charge on any atom is 0.239 e. The topological polar surface area (TPSA) is 47.3 Å². The Bertz CT molecular complexity index is 290. The predicted molar refractivity (Wildman–Crippen MR) is 67.3 cm³/mol. The van der Waals surface area contributed by atoms with E-state index in [4.69, 9.17) is 5.26 Å². The van der Waals surface area contributed by atoms with Gasteiger partial charge in [0.15, 0.2) is 0 Å². The standard InChI is InChI=1S/C13H23N3O/c1-4-12(15(3)5-2)13(17)16-8-6-11(10-14)7-9-16/h11-12H,4-9H2,1-3H3. The molecule has 0 N–H and O–H groups in total. The number of hydrogen-bond acceptors (Lipinski definition) is 3. The highest BCUT2D eigenvalue weighted by atomic mass is 16.2. The molecule has 0 spiro atoms. The van der Waals surface area contributed by atoms with Crippen molar-refractivity contribution in [2.45, 2.75) is 39.2 Å². The van der Waals surface area contributed by atoms with Gasteiger partial charge in [0.1, 0.15) is 0 Å². The number of nitrogens with zero attached hydrogens (tertiary/aromatic N) is 3. The van der Waals surface area contributed by atoms with Crippen LogP contribution in [0.1, 0.15) is 33.1 Å². The van der Waals surface area contributed by atoms with Crippen LogP contribution in [0.15, 0.2) is 0 Å². The number of likely N-dealkylation sites (tertiary alicyclic amines) is 1. The van der Waals surface area contributed by atoms with Gasteiger partial charge in [0.05, 0.1) is 12.1 Å². The third kappa shape index (κ3) is 3.44. The number of likely N-dealkylation sites (N-methyl/N-ethyl adjacent to an activating group) is 1. The van der Waals surface area contributed by atoms with E-state index in [-0.39, 0.29) is 17.9 Å². The predicted octanol–water partition coefficient (Wildman–Crippen LogP) is 1.48. The van der Waals surface area contributed by atoms with Gasteiger partial charge >= 0.3 is 0 Å². The van der Waals surface area contributed by atoms with Crippen molar-refractivity contribution in [3.05, 3.63) is 0 Å². The molecule has 1 aliphatic heterocycles. The summed E-state index contributed by atoms with van der Waals surface area (Å²) in [7, 11) is 1.99. The summed E-state index contributed by atoms with van der Waals surface area (Å²) in [5.74, 6) is 0.372. The Morgan fingerprint density at radius 3 is 2.47 bits per heavy atom. The van der Waals surface area contributed by atoms with Gasteiger partial charge in [0.25, 0.3) is 0 Å². The molecule has 0 aromatic heterocycles. The fourth-order valence-corrected chi connectivity index (χ4v) is 2.33. The van der Waals surface area contributed by atoms with E-state index in [0.717, 1.165) is 38.9 Å². The fourth-order valence-electron chi connectivity index (χ4n) is 2.33. The van der Waals surface area contributed by atoms with Crippen LogP contribution in [-0.2, 0) is 4.79 Å². The quantitative estimate of drug-likeness (QED) is 0.744. The number of carbonyl (C=O) groups excluding carboxylic acids is 1. The first-order valence-electron chi connectivity index (χ1n) is 6.52. The van der Waals surface area contributed by atoms with Crippen molar-refractivity contribution < 1.29 is 4.79 Å². The Hall–Kier alpha value is -1.08. The summed E-state index contributed by atoms with van der Waals surface area (Å²) < 4.78 is 0. The Morgan fingerprint density at radius 2 is 2.06 bits per heavy atom. The second-order valence-electron chi connectivity index (χ2n) is 4.73. The van der Waals surface area contributed by atoms with E-state index in [2.05, 4.69) is 24.8 Å². The second-order valence-corrected chi connectivity index (χ2v) is 4.73. The minimum atomic E-state index is -0.00126. The van der Waals surface area contributed by atoms with Gasteiger partial charge < -0.3 is 4.90 Å². The molecule has 0 aliphatic carbocycles. The summed E-state index contributed by atoms with van der Waals surface area (Å²) in [6.07, 6.45) is 2.50. The van der Waals surface area contributed by atoms with Crippen molar-refractivity contribution in [1.82, 2.24) is 9.80 Å². The number of hydrogen-bond donors (Lipinski definition) is 0. The van der Waals surface area contributed by atoms with Crippen molar-refractivity contribution in [2.75, 3.05) is 26.7 Å². The van der Waals surface area contributed by atoms with Crippen LogP contribution in [0.5, 0.6) is 0 Å². The zero-order valence-corrected chi connectivity index (χ0v) is 11.1. The average Bonchev–Trinajstić information content (AvgIpc) is 2.39. The van der Waals surface area contributed by atoms with Gasteiger partial charge in [-0.25, -0.2) is 0 Å². The highest BCUT2D eigenvalue weighted by molar-refractivity contribution is 5.81. The third-order valence-electron chi connectivity index (χ3n) is 3.69. The molecule has 1 rings (SSSR count). The molecule has 0 bridgehead atoms. The molecule has 0 aromatic carbocycles. The van der Waals surface area contributed by atoms with E-state index in [9.17, 15) is 4.79 Å². The maximum atomic E-state index is 12.3. The van der Waals surface area contributed by atoms with Gasteiger partial charge in [-0.2, -0.15) is 5.26 Å². The molecular weight excluding hydrogens is 214 g/mol. The number of piperidine rings is 1. The van der Waals surface area contributed by atoms with Crippen molar-refractivity contribution in [3.63, 3.8) is 0 Å². The summed E-state index contributed by atoms with van der Waals surface area (Å²) in [6, 6.07) is 2.29. The van der Waals surface area contributed by atoms with Gasteiger partial charge in [-0.1, -0.05) is 13.8 Å². The molecule has 1 fully saturated rings. The molecular formula is C13H23N3O. The lowest BCUT2D eigenvalue weighted by atomic mass is 9.97. The zero-order valence-electron chi connectivity index (χ0n) is 11.1. The lowest BCUT2D eigenvalue weighted by Gasteiger charge is -2.34. The first-order chi connectivity index (χ1) is 8.13. The second kappa shape index (κ2) is 6.61. The largest absolute Gasteiger partial charge is 0.341 e. The van der Waals surface area contributed by atoms with Crippen molar-refractivity contribution in [3.8, 4) is 6.07 Å².